The van der Waals surface area contributed by atoms with Crippen LogP contribution in [-0.4, -0.2) is 6.54 Å². The first-order valence-corrected chi connectivity index (χ1v) is 5.21. The van der Waals surface area contributed by atoms with E-state index in [0.29, 0.717) is 12.5 Å². The van der Waals surface area contributed by atoms with Gasteiger partial charge in [0.15, 0.2) is 11.6 Å². The molecule has 1 unspecified atom stereocenters. The van der Waals surface area contributed by atoms with Crippen molar-refractivity contribution in [2.75, 3.05) is 11.9 Å². The molecule has 0 heterocycles. The predicted octanol–water partition coefficient (Wildman–Crippen LogP) is 3.29. The van der Waals surface area contributed by atoms with E-state index in [0.717, 1.165) is 18.6 Å². The van der Waals surface area contributed by atoms with Crippen LogP contribution in [0.25, 0.3) is 0 Å². The smallest absolute Gasteiger partial charge is 0.150 e. The molecule has 4 heteroatoms. The maximum atomic E-state index is 13.4. The summed E-state index contributed by atoms with van der Waals surface area (Å²) in [5.41, 5.74) is -0.164. The molecule has 0 aliphatic rings. The summed E-state index contributed by atoms with van der Waals surface area (Å²) in [6.45, 7) is 4.51. The molecule has 0 saturated carbocycles. The van der Waals surface area contributed by atoms with Gasteiger partial charge in [0.2, 0.25) is 0 Å². The first-order chi connectivity index (χ1) is 7.58. The van der Waals surface area contributed by atoms with Crippen molar-refractivity contribution in [3.05, 3.63) is 29.3 Å². The highest BCUT2D eigenvalue weighted by Gasteiger charge is 2.11. The molecule has 2 nitrogen and oxygen atoms in total. The Balaban J connectivity index is 2.85. The third kappa shape index (κ3) is 2.93. The molecule has 1 aromatic rings. The number of anilines is 1. The van der Waals surface area contributed by atoms with Gasteiger partial charge in [-0.1, -0.05) is 20.3 Å². The van der Waals surface area contributed by atoms with Gasteiger partial charge in [-0.25, -0.2) is 8.78 Å². The van der Waals surface area contributed by atoms with Gasteiger partial charge in [-0.15, -0.1) is 0 Å². The Morgan fingerprint density at radius 1 is 1.38 bits per heavy atom. The normalized spacial score (nSPS) is 11.9. The molecule has 0 spiro atoms. The Morgan fingerprint density at radius 3 is 2.38 bits per heavy atom. The molecule has 1 aromatic carbocycles. The summed E-state index contributed by atoms with van der Waals surface area (Å²) in [6.07, 6.45) is 0.937. The van der Waals surface area contributed by atoms with Crippen LogP contribution in [0.15, 0.2) is 12.1 Å². The molecule has 16 heavy (non-hydrogen) atoms. The van der Waals surface area contributed by atoms with Crippen molar-refractivity contribution in [3.63, 3.8) is 0 Å². The van der Waals surface area contributed by atoms with E-state index < -0.39 is 11.6 Å². The van der Waals surface area contributed by atoms with Crippen LogP contribution in [0.4, 0.5) is 14.5 Å². The summed E-state index contributed by atoms with van der Waals surface area (Å²) >= 11 is 0. The molecule has 0 saturated heterocycles. The van der Waals surface area contributed by atoms with Gasteiger partial charge >= 0.3 is 0 Å². The van der Waals surface area contributed by atoms with Gasteiger partial charge in [0.1, 0.15) is 5.69 Å². The SMILES string of the molecule is CCC(C)CNc1c(F)cc(C#N)cc1F. The van der Waals surface area contributed by atoms with Crippen LogP contribution in [-0.2, 0) is 0 Å². The number of hydrogen-bond donors (Lipinski definition) is 1. The number of hydrogen-bond acceptors (Lipinski definition) is 2. The Bertz CT molecular complexity index is 387. The van der Waals surface area contributed by atoms with Crippen molar-refractivity contribution in [2.24, 2.45) is 5.92 Å². The molecule has 0 radical (unpaired) electrons. The van der Waals surface area contributed by atoms with Gasteiger partial charge in [0.25, 0.3) is 0 Å². The van der Waals surface area contributed by atoms with Crippen LogP contribution in [0.3, 0.4) is 0 Å². The molecule has 1 rings (SSSR count). The van der Waals surface area contributed by atoms with Crippen molar-refractivity contribution < 1.29 is 8.78 Å². The highest BCUT2D eigenvalue weighted by molar-refractivity contribution is 5.50. The summed E-state index contributed by atoms with van der Waals surface area (Å²) in [5, 5.41) is 11.3. The Kier molecular flexibility index (Phi) is 4.24. The van der Waals surface area contributed by atoms with Gasteiger partial charge in [-0.3, -0.25) is 0 Å². The van der Waals surface area contributed by atoms with Gasteiger partial charge in [0, 0.05) is 6.54 Å². The van der Waals surface area contributed by atoms with E-state index >= 15 is 0 Å². The van der Waals surface area contributed by atoms with Crippen LogP contribution in [0.1, 0.15) is 25.8 Å². The molecule has 0 aliphatic carbocycles. The van der Waals surface area contributed by atoms with Crippen LogP contribution >= 0.6 is 0 Å². The third-order valence-corrected chi connectivity index (χ3v) is 2.50. The summed E-state index contributed by atoms with van der Waals surface area (Å²) in [5.74, 6) is -1.10. The minimum Gasteiger partial charge on any atom is -0.380 e. The molecular weight excluding hydrogens is 210 g/mol. The second-order valence-electron chi connectivity index (χ2n) is 3.82. The minimum atomic E-state index is -0.722. The first-order valence-electron chi connectivity index (χ1n) is 5.21. The standard InChI is InChI=1S/C12H14F2N2/c1-3-8(2)7-16-12-10(13)4-9(6-15)5-11(12)14/h4-5,8,16H,3,7H2,1-2H3. The van der Waals surface area contributed by atoms with E-state index in [1.54, 1.807) is 6.07 Å². The van der Waals surface area contributed by atoms with Gasteiger partial charge in [-0.2, -0.15) is 5.26 Å². The number of nitrogens with one attached hydrogen (secondary N) is 1. The lowest BCUT2D eigenvalue weighted by molar-refractivity contribution is 0.566. The van der Waals surface area contributed by atoms with E-state index in [9.17, 15) is 8.78 Å². The van der Waals surface area contributed by atoms with E-state index in [2.05, 4.69) is 5.32 Å². The minimum absolute atomic E-state index is 0.0101. The van der Waals surface area contributed by atoms with Crippen LogP contribution in [0, 0.1) is 28.9 Å². The fourth-order valence-corrected chi connectivity index (χ4v) is 1.23. The zero-order valence-electron chi connectivity index (χ0n) is 9.35. The molecular formula is C12H14F2N2. The zero-order valence-corrected chi connectivity index (χ0v) is 9.35. The summed E-state index contributed by atoms with van der Waals surface area (Å²) in [6, 6.07) is 3.76. The number of nitrogens with zero attached hydrogens (tertiary/aromatic N) is 1. The van der Waals surface area contributed by atoms with Crippen molar-refractivity contribution in [3.8, 4) is 6.07 Å². The van der Waals surface area contributed by atoms with Crippen molar-refractivity contribution in [1.82, 2.24) is 0 Å². The fourth-order valence-electron chi connectivity index (χ4n) is 1.23. The highest BCUT2D eigenvalue weighted by Crippen LogP contribution is 2.21. The van der Waals surface area contributed by atoms with E-state index in [4.69, 9.17) is 5.26 Å². The topological polar surface area (TPSA) is 35.8 Å². The number of rotatable bonds is 4. The van der Waals surface area contributed by atoms with Crippen molar-refractivity contribution in [1.29, 1.82) is 5.26 Å². The molecule has 0 aromatic heterocycles. The zero-order chi connectivity index (χ0) is 12.1. The predicted molar refractivity (Wildman–Crippen MR) is 59.0 cm³/mol. The Hall–Kier alpha value is -1.63. The monoisotopic (exact) mass is 224 g/mol. The van der Waals surface area contributed by atoms with E-state index in [1.807, 2.05) is 13.8 Å². The quantitative estimate of drug-likeness (QED) is 0.851. The van der Waals surface area contributed by atoms with Crippen LogP contribution in [0.2, 0.25) is 0 Å². The van der Waals surface area contributed by atoms with Gasteiger partial charge in [0.05, 0.1) is 11.6 Å². The summed E-state index contributed by atoms with van der Waals surface area (Å²) in [4.78, 5) is 0. The lowest BCUT2D eigenvalue weighted by atomic mass is 10.1. The number of halogens is 2. The molecule has 1 N–H and O–H groups in total. The largest absolute Gasteiger partial charge is 0.380 e. The molecule has 0 amide bonds. The Morgan fingerprint density at radius 2 is 1.94 bits per heavy atom. The second kappa shape index (κ2) is 5.45. The average Bonchev–Trinajstić information content (AvgIpc) is 2.27. The van der Waals surface area contributed by atoms with Crippen LogP contribution < -0.4 is 5.32 Å². The van der Waals surface area contributed by atoms with E-state index in [-0.39, 0.29) is 11.3 Å². The van der Waals surface area contributed by atoms with Crippen molar-refractivity contribution >= 4 is 5.69 Å². The summed E-state index contributed by atoms with van der Waals surface area (Å²) < 4.78 is 26.8. The van der Waals surface area contributed by atoms with E-state index in [1.165, 1.54) is 0 Å². The molecule has 0 fully saturated rings. The first kappa shape index (κ1) is 12.4. The fraction of sp³-hybridized carbons (Fsp3) is 0.417. The Labute approximate surface area is 93.9 Å². The lowest BCUT2D eigenvalue weighted by Gasteiger charge is -2.12. The maximum Gasteiger partial charge on any atom is 0.150 e. The third-order valence-electron chi connectivity index (χ3n) is 2.50. The highest BCUT2D eigenvalue weighted by atomic mass is 19.1. The summed E-state index contributed by atoms with van der Waals surface area (Å²) in [7, 11) is 0. The lowest BCUT2D eigenvalue weighted by Crippen LogP contribution is -2.12. The van der Waals surface area contributed by atoms with Gasteiger partial charge in [-0.05, 0) is 18.1 Å². The molecule has 86 valence electrons. The molecule has 0 bridgehead atoms. The molecule has 1 atom stereocenters. The molecule has 0 aliphatic heterocycles. The average molecular weight is 224 g/mol. The second-order valence-corrected chi connectivity index (χ2v) is 3.82. The van der Waals surface area contributed by atoms with Crippen molar-refractivity contribution in [2.45, 2.75) is 20.3 Å². The van der Waals surface area contributed by atoms with Gasteiger partial charge < -0.3 is 5.32 Å². The number of nitriles is 1. The maximum absolute atomic E-state index is 13.4. The van der Waals surface area contributed by atoms with Crippen LogP contribution in [0.5, 0.6) is 0 Å². The number of benzene rings is 1.